The summed E-state index contributed by atoms with van der Waals surface area (Å²) in [6.07, 6.45) is 3.79. The predicted molar refractivity (Wildman–Crippen MR) is 93.1 cm³/mol. The van der Waals surface area contributed by atoms with E-state index in [4.69, 9.17) is 11.5 Å². The number of H-pyrrole nitrogens is 1. The average molecular weight is 353 g/mol. The van der Waals surface area contributed by atoms with E-state index in [0.29, 0.717) is 25.9 Å². The number of amides is 1. The molecule has 3 atom stereocenters. The van der Waals surface area contributed by atoms with Gasteiger partial charge < -0.3 is 21.5 Å². The summed E-state index contributed by atoms with van der Waals surface area (Å²) in [6.45, 7) is 2.70. The minimum atomic E-state index is -1.18. The number of piperidine rings is 1. The molecule has 1 aromatic rings. The molecule has 0 radical (unpaired) electrons. The van der Waals surface area contributed by atoms with Crippen molar-refractivity contribution in [2.75, 3.05) is 19.6 Å². The quantitative estimate of drug-likeness (QED) is 0.458. The Morgan fingerprint density at radius 1 is 1.48 bits per heavy atom. The third-order valence-electron chi connectivity index (χ3n) is 4.78. The lowest BCUT2D eigenvalue weighted by Gasteiger charge is -2.43. The van der Waals surface area contributed by atoms with E-state index in [2.05, 4.69) is 4.98 Å². The predicted octanol–water partition coefficient (Wildman–Crippen LogP) is -1.48. The first-order chi connectivity index (χ1) is 11.8. The van der Waals surface area contributed by atoms with Crippen LogP contribution in [0.1, 0.15) is 38.6 Å². The summed E-state index contributed by atoms with van der Waals surface area (Å²) in [7, 11) is 0. The maximum atomic E-state index is 12.6. The normalized spacial score (nSPS) is 25.0. The van der Waals surface area contributed by atoms with Gasteiger partial charge in [-0.1, -0.05) is 6.42 Å². The summed E-state index contributed by atoms with van der Waals surface area (Å²) >= 11 is 0. The number of rotatable bonds is 6. The van der Waals surface area contributed by atoms with Crippen LogP contribution in [-0.2, 0) is 4.79 Å². The molecule has 0 aliphatic carbocycles. The van der Waals surface area contributed by atoms with Crippen LogP contribution in [0.15, 0.2) is 21.9 Å². The average Bonchev–Trinajstić information content (AvgIpc) is 2.55. The highest BCUT2D eigenvalue weighted by Gasteiger charge is 2.41. The molecule has 1 aliphatic rings. The highest BCUT2D eigenvalue weighted by Crippen LogP contribution is 2.30. The molecule has 1 aromatic heterocycles. The van der Waals surface area contributed by atoms with Crippen molar-refractivity contribution in [2.24, 2.45) is 11.5 Å². The van der Waals surface area contributed by atoms with Gasteiger partial charge in [-0.15, -0.1) is 0 Å². The van der Waals surface area contributed by atoms with Crippen LogP contribution in [0.25, 0.3) is 0 Å². The lowest BCUT2D eigenvalue weighted by atomic mass is 9.87. The van der Waals surface area contributed by atoms with E-state index in [0.717, 1.165) is 12.8 Å². The Balaban J connectivity index is 2.16. The second-order valence-electron chi connectivity index (χ2n) is 6.82. The van der Waals surface area contributed by atoms with Gasteiger partial charge in [0.1, 0.15) is 0 Å². The van der Waals surface area contributed by atoms with Crippen molar-refractivity contribution < 1.29 is 9.90 Å². The molecule has 0 bridgehead atoms. The number of carbonyl (C=O) groups excluding carboxylic acids is 1. The maximum absolute atomic E-state index is 12.6. The Morgan fingerprint density at radius 2 is 2.20 bits per heavy atom. The number of aromatic amines is 1. The number of nitrogens with zero attached hydrogens (tertiary/aromatic N) is 2. The fourth-order valence-corrected chi connectivity index (χ4v) is 3.15. The lowest BCUT2D eigenvalue weighted by molar-refractivity contribution is -0.139. The number of likely N-dealkylation sites (tertiary alicyclic amines) is 1. The molecule has 1 fully saturated rings. The molecule has 6 N–H and O–H groups in total. The molecule has 25 heavy (non-hydrogen) atoms. The standard InChI is InChI=1S/C16H27N5O4/c1-16(25)6-9-20(14(23)11(18)4-2-3-7-17)10-12(16)21-8-5-13(22)19-15(21)24/h5,8,11-12,25H,2-4,6-7,9-10,17-18H2,1H3,(H,19,22,24)/t11-,12-,16-/m1/s1. The van der Waals surface area contributed by atoms with Crippen LogP contribution in [0.2, 0.25) is 0 Å². The summed E-state index contributed by atoms with van der Waals surface area (Å²) in [6, 6.07) is -0.0649. The van der Waals surface area contributed by atoms with Crippen molar-refractivity contribution in [3.05, 3.63) is 33.1 Å². The second kappa shape index (κ2) is 7.94. The molecular formula is C16H27N5O4. The van der Waals surface area contributed by atoms with E-state index in [1.165, 1.54) is 16.8 Å². The molecule has 0 spiro atoms. The molecule has 2 rings (SSSR count). The highest BCUT2D eigenvalue weighted by atomic mass is 16.3. The van der Waals surface area contributed by atoms with Gasteiger partial charge in [0.25, 0.3) is 5.56 Å². The third kappa shape index (κ3) is 4.56. The Kier molecular flexibility index (Phi) is 6.15. The number of nitrogens with one attached hydrogen (secondary N) is 1. The van der Waals surface area contributed by atoms with Crippen molar-refractivity contribution in [3.8, 4) is 0 Å². The number of hydrogen-bond donors (Lipinski definition) is 4. The second-order valence-corrected chi connectivity index (χ2v) is 6.82. The Morgan fingerprint density at radius 3 is 2.84 bits per heavy atom. The number of aromatic nitrogens is 2. The van der Waals surface area contributed by atoms with Gasteiger partial charge in [-0.3, -0.25) is 19.1 Å². The summed E-state index contributed by atoms with van der Waals surface area (Å²) in [5.74, 6) is -0.199. The number of unbranched alkanes of at least 4 members (excludes halogenated alkanes) is 1. The van der Waals surface area contributed by atoms with Gasteiger partial charge in [-0.25, -0.2) is 4.79 Å². The van der Waals surface area contributed by atoms with Crippen LogP contribution >= 0.6 is 0 Å². The third-order valence-corrected chi connectivity index (χ3v) is 4.78. The molecule has 1 aliphatic heterocycles. The van der Waals surface area contributed by atoms with Gasteiger partial charge in [-0.05, 0) is 32.7 Å². The molecule has 2 heterocycles. The summed E-state index contributed by atoms with van der Waals surface area (Å²) in [5.41, 5.74) is 9.13. The maximum Gasteiger partial charge on any atom is 0.328 e. The van der Waals surface area contributed by atoms with Crippen LogP contribution in [0.4, 0.5) is 0 Å². The zero-order valence-electron chi connectivity index (χ0n) is 14.5. The first-order valence-electron chi connectivity index (χ1n) is 8.54. The Hall–Kier alpha value is -1.97. The fourth-order valence-electron chi connectivity index (χ4n) is 3.15. The molecule has 0 aromatic carbocycles. The van der Waals surface area contributed by atoms with Gasteiger partial charge in [-0.2, -0.15) is 0 Å². The highest BCUT2D eigenvalue weighted by molar-refractivity contribution is 5.81. The van der Waals surface area contributed by atoms with Gasteiger partial charge in [0.2, 0.25) is 5.91 Å². The van der Waals surface area contributed by atoms with E-state index in [-0.39, 0.29) is 12.5 Å². The monoisotopic (exact) mass is 353 g/mol. The molecule has 140 valence electrons. The van der Waals surface area contributed by atoms with Gasteiger partial charge >= 0.3 is 5.69 Å². The van der Waals surface area contributed by atoms with Gasteiger partial charge in [0.05, 0.1) is 17.7 Å². The molecular weight excluding hydrogens is 326 g/mol. The molecule has 9 nitrogen and oxygen atoms in total. The van der Waals surface area contributed by atoms with Crippen LogP contribution in [0.5, 0.6) is 0 Å². The Bertz CT molecular complexity index is 711. The minimum Gasteiger partial charge on any atom is -0.388 e. The molecule has 9 heteroatoms. The van der Waals surface area contributed by atoms with E-state index in [1.807, 2.05) is 0 Å². The van der Waals surface area contributed by atoms with Gasteiger partial charge in [0, 0.05) is 25.4 Å². The zero-order valence-corrected chi connectivity index (χ0v) is 14.5. The summed E-state index contributed by atoms with van der Waals surface area (Å²) in [4.78, 5) is 39.6. The van der Waals surface area contributed by atoms with Crippen molar-refractivity contribution in [3.63, 3.8) is 0 Å². The number of hydrogen-bond acceptors (Lipinski definition) is 6. The molecule has 0 unspecified atom stereocenters. The van der Waals surface area contributed by atoms with E-state index in [9.17, 15) is 19.5 Å². The smallest absolute Gasteiger partial charge is 0.328 e. The summed E-state index contributed by atoms with van der Waals surface area (Å²) < 4.78 is 1.26. The first kappa shape index (κ1) is 19.4. The molecule has 1 saturated heterocycles. The Labute approximate surface area is 145 Å². The van der Waals surface area contributed by atoms with Gasteiger partial charge in [0.15, 0.2) is 0 Å². The van der Waals surface area contributed by atoms with Crippen LogP contribution in [0.3, 0.4) is 0 Å². The van der Waals surface area contributed by atoms with Crippen LogP contribution in [-0.4, -0.2) is 56.7 Å². The topological polar surface area (TPSA) is 147 Å². The fraction of sp³-hybridized carbons (Fsp3) is 0.688. The lowest BCUT2D eigenvalue weighted by Crippen LogP contribution is -2.57. The SMILES string of the molecule is C[C@@]1(O)CCN(C(=O)[C@H](N)CCCCN)C[C@H]1n1ccc(=O)[nH]c1=O. The van der Waals surface area contributed by atoms with E-state index >= 15 is 0 Å². The number of nitrogens with two attached hydrogens (primary N) is 2. The van der Waals surface area contributed by atoms with Crippen molar-refractivity contribution >= 4 is 5.91 Å². The zero-order chi connectivity index (χ0) is 18.6. The first-order valence-corrected chi connectivity index (χ1v) is 8.54. The van der Waals surface area contributed by atoms with Crippen LogP contribution < -0.4 is 22.7 Å². The number of carbonyl (C=O) groups is 1. The summed E-state index contributed by atoms with van der Waals surface area (Å²) in [5, 5.41) is 10.7. The van der Waals surface area contributed by atoms with E-state index in [1.54, 1.807) is 11.8 Å². The van der Waals surface area contributed by atoms with Crippen LogP contribution in [0, 0.1) is 0 Å². The van der Waals surface area contributed by atoms with Crippen molar-refractivity contribution in [2.45, 2.75) is 50.3 Å². The van der Waals surface area contributed by atoms with Crippen molar-refractivity contribution in [1.29, 1.82) is 0 Å². The molecule has 1 amide bonds. The van der Waals surface area contributed by atoms with Crippen molar-refractivity contribution in [1.82, 2.24) is 14.5 Å². The van der Waals surface area contributed by atoms with E-state index < -0.39 is 28.9 Å². The largest absolute Gasteiger partial charge is 0.388 e. The number of aliphatic hydroxyl groups is 1. The molecule has 0 saturated carbocycles. The minimum absolute atomic E-state index is 0.155.